The average molecular weight is 133 g/mol. The van der Waals surface area contributed by atoms with Crippen LogP contribution in [0.5, 0.6) is 0 Å². The predicted octanol–water partition coefficient (Wildman–Crippen LogP) is 0.365. The van der Waals surface area contributed by atoms with E-state index in [-0.39, 0.29) is 18.9 Å². The summed E-state index contributed by atoms with van der Waals surface area (Å²) in [6.07, 6.45) is 0.154. The molecule has 0 rings (SSSR count). The van der Waals surface area contributed by atoms with Crippen molar-refractivity contribution in [1.29, 1.82) is 0 Å². The molecule has 0 aromatic heterocycles. The molecule has 1 unspecified atom stereocenters. The highest BCUT2D eigenvalue weighted by molar-refractivity contribution is 5.66. The van der Waals surface area contributed by atoms with E-state index in [0.29, 0.717) is 0 Å². The van der Waals surface area contributed by atoms with Crippen molar-refractivity contribution in [2.75, 3.05) is 0 Å². The molecule has 0 aliphatic heterocycles. The second-order valence-corrected chi connectivity index (χ2v) is 1.71. The molecule has 0 spiro atoms. The Labute approximate surface area is 57.0 Å². The van der Waals surface area contributed by atoms with E-state index < -0.39 is 12.0 Å². The van der Waals surface area contributed by atoms with Crippen LogP contribution in [0.4, 0.5) is 0 Å². The van der Waals surface area contributed by atoms with Gasteiger partial charge in [-0.1, -0.05) is 6.05 Å². The smallest absolute Gasteiger partial charge is 0.303 e. The largest absolute Gasteiger partial charge is 0.481 e. The Morgan fingerprint density at radius 1 is 2.22 bits per heavy atom. The van der Waals surface area contributed by atoms with Crippen LogP contribution in [0.2, 0.25) is 0 Å². The summed E-state index contributed by atoms with van der Waals surface area (Å²) in [6, 6.07) is -0.658. The van der Waals surface area contributed by atoms with Gasteiger partial charge in [-0.15, -0.1) is 6.55 Å². The zero-order chi connectivity index (χ0) is 8.85. The second-order valence-electron chi connectivity index (χ2n) is 1.71. The molecule has 0 saturated carbocycles. The minimum absolute atomic E-state index is 0.0359. The summed E-state index contributed by atoms with van der Waals surface area (Å²) in [6.45, 7) is 0.826. The Morgan fingerprint density at radius 3 is 3.33 bits per heavy atom. The van der Waals surface area contributed by atoms with Gasteiger partial charge < -0.3 is 10.8 Å². The fourth-order valence-corrected chi connectivity index (χ4v) is 0.362. The van der Waals surface area contributed by atoms with Crippen molar-refractivity contribution in [3.8, 4) is 0 Å². The molecular weight excluding hydrogens is 118 g/mol. The minimum Gasteiger partial charge on any atom is -0.481 e. The molecule has 52 valence electrons. The molecule has 9 heavy (non-hydrogen) atoms. The van der Waals surface area contributed by atoms with Gasteiger partial charge in [0.1, 0.15) is 0 Å². The quantitative estimate of drug-likeness (QED) is 0.544. The highest BCUT2D eigenvalue weighted by Crippen LogP contribution is 1.93. The molecule has 0 amide bonds. The van der Waals surface area contributed by atoms with E-state index in [1.807, 2.05) is 0 Å². The molecule has 0 radical (unpaired) electrons. The Balaban J connectivity index is 3.69. The average Bonchev–Trinajstić information content (AvgIpc) is 1.98. The third kappa shape index (κ3) is 5.03. The molecule has 0 heterocycles. The topological polar surface area (TPSA) is 63.3 Å². The van der Waals surface area contributed by atoms with E-state index in [1.54, 1.807) is 0 Å². The van der Waals surface area contributed by atoms with Crippen molar-refractivity contribution in [2.45, 2.75) is 18.9 Å². The van der Waals surface area contributed by atoms with Gasteiger partial charge >= 0.3 is 5.97 Å². The van der Waals surface area contributed by atoms with Crippen molar-refractivity contribution < 1.29 is 12.6 Å². The molecule has 0 aliphatic rings. The minimum atomic E-state index is -0.932. The molecular formula is C6H11NO2. The van der Waals surface area contributed by atoms with Crippen LogP contribution in [0, 0.1) is 0 Å². The Hall–Kier alpha value is -0.830. The molecule has 3 N–H and O–H groups in total. The first-order chi connectivity index (χ1) is 5.07. The van der Waals surface area contributed by atoms with Gasteiger partial charge in [-0.05, 0) is 6.42 Å². The monoisotopic (exact) mass is 133 g/mol. The highest BCUT2D eigenvalue weighted by atomic mass is 16.4. The van der Waals surface area contributed by atoms with Gasteiger partial charge in [0.05, 0.1) is 2.74 Å². The van der Waals surface area contributed by atoms with Gasteiger partial charge in [-0.25, -0.2) is 0 Å². The molecule has 3 nitrogen and oxygen atoms in total. The fraction of sp³-hybridized carbons (Fsp3) is 0.500. The lowest BCUT2D eigenvalue weighted by atomic mass is 10.2. The third-order valence-corrected chi connectivity index (χ3v) is 0.883. The lowest BCUT2D eigenvalue weighted by Crippen LogP contribution is -2.17. The third-order valence-electron chi connectivity index (χ3n) is 0.883. The molecule has 0 aliphatic carbocycles. The maximum absolute atomic E-state index is 10.0. The van der Waals surface area contributed by atoms with Crippen LogP contribution in [0.15, 0.2) is 12.6 Å². The maximum Gasteiger partial charge on any atom is 0.303 e. The lowest BCUT2D eigenvalue weighted by molar-refractivity contribution is -0.137. The number of hydrogen-bond acceptors (Lipinski definition) is 2. The normalized spacial score (nSPS) is 18.1. The molecule has 3 heteroatoms. The summed E-state index contributed by atoms with van der Waals surface area (Å²) in [5.41, 5.74) is 5.34. The summed E-state index contributed by atoms with van der Waals surface area (Å²) < 4.78 is 13.7. The van der Waals surface area contributed by atoms with Crippen LogP contribution in [0.1, 0.15) is 15.6 Å². The van der Waals surface area contributed by atoms with Crippen LogP contribution in [0.3, 0.4) is 0 Å². The van der Waals surface area contributed by atoms with Crippen molar-refractivity contribution in [2.24, 2.45) is 5.73 Å². The van der Waals surface area contributed by atoms with Crippen LogP contribution in [0.25, 0.3) is 0 Å². The van der Waals surface area contributed by atoms with Gasteiger partial charge in [-0.2, -0.15) is 0 Å². The van der Waals surface area contributed by atoms with E-state index in [2.05, 4.69) is 0 Å². The number of carboxylic acid groups (broad SMARTS) is 1. The van der Waals surface area contributed by atoms with Gasteiger partial charge in [0.2, 0.25) is 0 Å². The fourth-order valence-electron chi connectivity index (χ4n) is 0.362. The van der Waals surface area contributed by atoms with Crippen molar-refractivity contribution in [3.63, 3.8) is 0 Å². The first-order valence-corrected chi connectivity index (χ1v) is 2.60. The Kier molecular flexibility index (Phi) is 2.27. The molecule has 0 aromatic rings. The SMILES string of the molecule is [3H]C=C([3H])C(N)CCC(=O)O. The number of nitrogens with two attached hydrogens (primary N) is 1. The molecule has 0 bridgehead atoms. The summed E-state index contributed by atoms with van der Waals surface area (Å²) >= 11 is 0. The standard InChI is InChI=1S/C6H11NO2/c1-2-5(7)3-4-6(8)9/h2,5H,1,3-4,7H2,(H,8,9)/i1T,2T. The second kappa shape index (κ2) is 4.09. The van der Waals surface area contributed by atoms with Crippen LogP contribution < -0.4 is 5.73 Å². The van der Waals surface area contributed by atoms with Crippen LogP contribution in [-0.2, 0) is 4.79 Å². The molecule has 1 atom stereocenters. The summed E-state index contributed by atoms with van der Waals surface area (Å²) in [4.78, 5) is 10.0. The van der Waals surface area contributed by atoms with E-state index in [9.17, 15) is 4.79 Å². The van der Waals surface area contributed by atoms with Crippen molar-refractivity contribution in [1.82, 2.24) is 0 Å². The zero-order valence-electron chi connectivity index (χ0n) is 7.00. The number of aliphatic carboxylic acids is 1. The summed E-state index contributed by atoms with van der Waals surface area (Å²) in [5.74, 6) is -0.932. The van der Waals surface area contributed by atoms with Gasteiger partial charge in [-0.3, -0.25) is 4.79 Å². The summed E-state index contributed by atoms with van der Waals surface area (Å²) in [7, 11) is 0. The van der Waals surface area contributed by atoms with Gasteiger partial charge in [0.15, 0.2) is 0 Å². The predicted molar refractivity (Wildman–Crippen MR) is 35.0 cm³/mol. The van der Waals surface area contributed by atoms with Gasteiger partial charge in [0, 0.05) is 12.5 Å². The molecule has 0 aromatic carbocycles. The Bertz CT molecular complexity index is 170. The van der Waals surface area contributed by atoms with E-state index in [1.165, 1.54) is 0 Å². The van der Waals surface area contributed by atoms with Crippen molar-refractivity contribution in [3.05, 3.63) is 12.6 Å². The number of carboxylic acids is 1. The lowest BCUT2D eigenvalue weighted by Gasteiger charge is -2.00. The van der Waals surface area contributed by atoms with Crippen molar-refractivity contribution >= 4 is 5.97 Å². The first-order valence-electron chi connectivity index (χ1n) is 3.68. The Morgan fingerprint density at radius 2 is 2.89 bits per heavy atom. The highest BCUT2D eigenvalue weighted by Gasteiger charge is 1.99. The van der Waals surface area contributed by atoms with E-state index >= 15 is 0 Å². The van der Waals surface area contributed by atoms with Crippen LogP contribution >= 0.6 is 0 Å². The van der Waals surface area contributed by atoms with Gasteiger partial charge in [0.25, 0.3) is 0 Å². The van der Waals surface area contributed by atoms with E-state index in [4.69, 9.17) is 13.6 Å². The molecule has 0 fully saturated rings. The first kappa shape index (κ1) is 4.99. The number of carbonyl (C=O) groups is 1. The zero-order valence-corrected chi connectivity index (χ0v) is 5.00. The molecule has 0 saturated heterocycles. The maximum atomic E-state index is 10.0. The number of rotatable bonds is 4. The van der Waals surface area contributed by atoms with E-state index in [0.717, 1.165) is 6.55 Å². The summed E-state index contributed by atoms with van der Waals surface area (Å²) in [5, 5.41) is 8.23. The van der Waals surface area contributed by atoms with Crippen LogP contribution in [-0.4, -0.2) is 17.1 Å². The number of hydrogen-bond donors (Lipinski definition) is 2.